The highest BCUT2D eigenvalue weighted by molar-refractivity contribution is 8.18. The number of nitrogens with one attached hydrogen (secondary N) is 1. The van der Waals surface area contributed by atoms with Gasteiger partial charge in [-0.3, -0.25) is 4.79 Å². The van der Waals surface area contributed by atoms with E-state index in [0.29, 0.717) is 20.1 Å². The summed E-state index contributed by atoms with van der Waals surface area (Å²) in [6.07, 6.45) is 5.18. The Kier molecular flexibility index (Phi) is 6.68. The van der Waals surface area contributed by atoms with Crippen LogP contribution in [0.5, 0.6) is 0 Å². The minimum atomic E-state index is -0.187. The molecule has 0 bridgehead atoms. The first-order valence-corrected chi connectivity index (χ1v) is 12.5. The van der Waals surface area contributed by atoms with Crippen LogP contribution in [0.3, 0.4) is 0 Å². The topological polar surface area (TPSA) is 44.7 Å². The first-order valence-electron chi connectivity index (χ1n) is 11.0. The number of rotatable bonds is 4. The number of nitrogens with zero attached hydrogens (tertiary/aromatic N) is 2. The molecule has 2 heterocycles. The number of halogens is 2. The van der Waals surface area contributed by atoms with Crippen molar-refractivity contribution in [3.05, 3.63) is 68.0 Å². The van der Waals surface area contributed by atoms with Gasteiger partial charge in [-0.15, -0.1) is 0 Å². The molecule has 0 saturated carbocycles. The molecule has 4 nitrogen and oxygen atoms in total. The molecule has 0 spiro atoms. The van der Waals surface area contributed by atoms with Gasteiger partial charge in [0.05, 0.1) is 16.1 Å². The second-order valence-electron chi connectivity index (χ2n) is 8.89. The van der Waals surface area contributed by atoms with Crippen molar-refractivity contribution < 1.29 is 4.79 Å². The lowest BCUT2D eigenvalue weighted by atomic mass is 9.87. The van der Waals surface area contributed by atoms with Gasteiger partial charge in [0.15, 0.2) is 5.17 Å². The van der Waals surface area contributed by atoms with E-state index in [0.717, 1.165) is 41.0 Å². The van der Waals surface area contributed by atoms with E-state index in [9.17, 15) is 4.79 Å². The lowest BCUT2D eigenvalue weighted by Crippen LogP contribution is -2.45. The second kappa shape index (κ2) is 9.21. The van der Waals surface area contributed by atoms with E-state index < -0.39 is 0 Å². The smallest absolute Gasteiger partial charge is 0.264 e. The Bertz CT molecular complexity index is 1230. The molecule has 2 aromatic carbocycles. The number of amides is 1. The zero-order valence-electron chi connectivity index (χ0n) is 19.4. The fraction of sp³-hybridized carbons (Fsp3) is 0.308. The summed E-state index contributed by atoms with van der Waals surface area (Å²) in [6.45, 7) is 11.6. The summed E-state index contributed by atoms with van der Waals surface area (Å²) in [6, 6.07) is 9.65. The normalized spacial score (nSPS) is 19.7. The number of amidine groups is 1. The largest absolute Gasteiger partial charge is 0.362 e. The van der Waals surface area contributed by atoms with Crippen LogP contribution in [-0.4, -0.2) is 23.2 Å². The number of aliphatic imine (C=N–C) groups is 1. The first kappa shape index (κ1) is 23.9. The molecule has 1 N–H and O–H groups in total. The van der Waals surface area contributed by atoms with Crippen molar-refractivity contribution in [3.8, 4) is 0 Å². The maximum atomic E-state index is 12.6. The monoisotopic (exact) mass is 499 g/mol. The van der Waals surface area contributed by atoms with Crippen LogP contribution >= 0.6 is 35.0 Å². The molecule has 0 atom stereocenters. The number of hydrogen-bond acceptors (Lipinski definition) is 4. The summed E-state index contributed by atoms with van der Waals surface area (Å²) in [7, 11) is 0. The molecule has 2 aromatic rings. The van der Waals surface area contributed by atoms with Crippen LogP contribution in [0.2, 0.25) is 10.0 Å². The third-order valence-electron chi connectivity index (χ3n) is 5.94. The molecule has 0 aromatic heterocycles. The van der Waals surface area contributed by atoms with Crippen molar-refractivity contribution in [3.63, 3.8) is 0 Å². The van der Waals surface area contributed by atoms with Gasteiger partial charge in [0.1, 0.15) is 0 Å². The SMILES string of the molecule is CCCN1c2cc(Cl)c(/C=C3/SC(=Nc4cccc(Cl)c4C)NC3=O)cc2C(C)=CC1(C)C. The number of hydrogen-bond donors (Lipinski definition) is 1. The fourth-order valence-corrected chi connectivity index (χ4v) is 5.51. The molecule has 1 saturated heterocycles. The molecule has 172 valence electrons. The lowest BCUT2D eigenvalue weighted by molar-refractivity contribution is -0.115. The number of fused-ring (bicyclic) bond motifs is 1. The van der Waals surface area contributed by atoms with Crippen LogP contribution in [0.1, 0.15) is 50.8 Å². The average Bonchev–Trinajstić information content (AvgIpc) is 3.08. The van der Waals surface area contributed by atoms with Crippen LogP contribution in [0, 0.1) is 6.92 Å². The zero-order valence-corrected chi connectivity index (χ0v) is 21.8. The van der Waals surface area contributed by atoms with Crippen LogP contribution in [-0.2, 0) is 4.79 Å². The van der Waals surface area contributed by atoms with Crippen LogP contribution in [0.15, 0.2) is 46.3 Å². The third kappa shape index (κ3) is 4.72. The molecule has 0 radical (unpaired) electrons. The van der Waals surface area contributed by atoms with Crippen molar-refractivity contribution in [2.24, 2.45) is 4.99 Å². The summed E-state index contributed by atoms with van der Waals surface area (Å²) in [5.74, 6) is -0.187. The molecule has 7 heteroatoms. The van der Waals surface area contributed by atoms with E-state index in [4.69, 9.17) is 23.2 Å². The van der Waals surface area contributed by atoms with Crippen molar-refractivity contribution in [1.29, 1.82) is 0 Å². The summed E-state index contributed by atoms with van der Waals surface area (Å²) >= 11 is 14.2. The number of carbonyl (C=O) groups is 1. The van der Waals surface area contributed by atoms with Gasteiger partial charge in [0, 0.05) is 27.8 Å². The van der Waals surface area contributed by atoms with E-state index in [2.05, 4.69) is 55.0 Å². The van der Waals surface area contributed by atoms with Crippen LogP contribution in [0.4, 0.5) is 11.4 Å². The van der Waals surface area contributed by atoms with E-state index in [-0.39, 0.29) is 11.4 Å². The lowest BCUT2D eigenvalue weighted by Gasteiger charge is -2.43. The van der Waals surface area contributed by atoms with Gasteiger partial charge in [-0.25, -0.2) is 4.99 Å². The number of allylic oxidation sites excluding steroid dienone is 1. The quantitative estimate of drug-likeness (QED) is 0.440. The molecule has 2 aliphatic rings. The maximum Gasteiger partial charge on any atom is 0.264 e. The highest BCUT2D eigenvalue weighted by atomic mass is 35.5. The van der Waals surface area contributed by atoms with Gasteiger partial charge >= 0.3 is 0 Å². The van der Waals surface area contributed by atoms with Crippen molar-refractivity contribution in [2.45, 2.75) is 46.6 Å². The molecule has 0 aliphatic carbocycles. The first-order chi connectivity index (χ1) is 15.6. The summed E-state index contributed by atoms with van der Waals surface area (Å²) in [5.41, 5.74) is 5.83. The van der Waals surface area contributed by atoms with Crippen molar-refractivity contribution in [2.75, 3.05) is 11.4 Å². The van der Waals surface area contributed by atoms with Gasteiger partial charge in [0.2, 0.25) is 0 Å². The molecule has 0 unspecified atom stereocenters. The maximum absolute atomic E-state index is 12.6. The van der Waals surface area contributed by atoms with Crippen molar-refractivity contribution in [1.82, 2.24) is 5.32 Å². The van der Waals surface area contributed by atoms with Gasteiger partial charge in [-0.2, -0.15) is 0 Å². The predicted molar refractivity (Wildman–Crippen MR) is 144 cm³/mol. The Morgan fingerprint density at radius 2 is 1.94 bits per heavy atom. The van der Waals surface area contributed by atoms with E-state index in [1.54, 1.807) is 0 Å². The predicted octanol–water partition coefficient (Wildman–Crippen LogP) is 7.61. The van der Waals surface area contributed by atoms with Gasteiger partial charge < -0.3 is 10.2 Å². The Morgan fingerprint density at radius 3 is 2.67 bits per heavy atom. The molecule has 2 aliphatic heterocycles. The standard InChI is InChI=1S/C26H27Cl2N3OS/c1-6-10-31-22-13-20(28)17(11-18(22)15(2)14-26(31,4)5)12-23-24(32)30-25(33-23)29-21-9-7-8-19(27)16(21)3/h7-9,11-14H,6,10H2,1-5H3,(H,29,30,32)/b23-12+. The van der Waals surface area contributed by atoms with E-state index >= 15 is 0 Å². The van der Waals surface area contributed by atoms with E-state index in [1.807, 2.05) is 37.3 Å². The van der Waals surface area contributed by atoms with Gasteiger partial charge in [-0.05, 0) is 92.9 Å². The second-order valence-corrected chi connectivity index (χ2v) is 10.7. The Labute approximate surface area is 209 Å². The number of anilines is 1. The molecule has 4 rings (SSSR count). The van der Waals surface area contributed by atoms with Crippen molar-refractivity contribution >= 4 is 69.1 Å². The molecule has 1 amide bonds. The highest BCUT2D eigenvalue weighted by Crippen LogP contribution is 2.42. The summed E-state index contributed by atoms with van der Waals surface area (Å²) in [4.78, 5) is 20.2. The molecular weight excluding hydrogens is 473 g/mol. The average molecular weight is 500 g/mol. The fourth-order valence-electron chi connectivity index (χ4n) is 4.31. The Hall–Kier alpha value is -2.21. The Morgan fingerprint density at radius 1 is 1.18 bits per heavy atom. The molecule has 33 heavy (non-hydrogen) atoms. The van der Waals surface area contributed by atoms with Gasteiger partial charge in [-0.1, -0.05) is 42.3 Å². The minimum Gasteiger partial charge on any atom is -0.362 e. The number of thioether (sulfide) groups is 1. The number of carbonyl (C=O) groups excluding carboxylic acids is 1. The summed E-state index contributed by atoms with van der Waals surface area (Å²) in [5, 5.41) is 4.64. The summed E-state index contributed by atoms with van der Waals surface area (Å²) < 4.78 is 0. The Balaban J connectivity index is 1.69. The number of benzene rings is 2. The highest BCUT2D eigenvalue weighted by Gasteiger charge is 2.31. The van der Waals surface area contributed by atoms with Gasteiger partial charge in [0.25, 0.3) is 5.91 Å². The van der Waals surface area contributed by atoms with Crippen LogP contribution < -0.4 is 10.2 Å². The third-order valence-corrected chi connectivity index (χ3v) is 7.59. The minimum absolute atomic E-state index is 0.0819. The van der Waals surface area contributed by atoms with Crippen LogP contribution in [0.25, 0.3) is 11.6 Å². The molecular formula is C26H27Cl2N3OS. The van der Waals surface area contributed by atoms with E-state index in [1.165, 1.54) is 17.3 Å². The zero-order chi connectivity index (χ0) is 23.9. The molecule has 1 fully saturated rings.